The number of aromatic nitrogens is 1. The van der Waals surface area contributed by atoms with Gasteiger partial charge in [-0.05, 0) is 104 Å². The fourth-order valence-electron chi connectivity index (χ4n) is 8.96. The third-order valence-electron chi connectivity index (χ3n) is 11.6. The lowest BCUT2D eigenvalue weighted by Gasteiger charge is -2.30. The molecular weight excluding hydrogens is 701 g/mol. The molecule has 0 aliphatic heterocycles. The van der Waals surface area contributed by atoms with Crippen LogP contribution in [-0.2, 0) is 0 Å². The van der Waals surface area contributed by atoms with E-state index in [0.717, 1.165) is 22.7 Å². The molecule has 0 amide bonds. The van der Waals surface area contributed by atoms with Gasteiger partial charge in [-0.1, -0.05) is 176 Å². The number of anilines is 3. The SMILES string of the molecule is c1ccc(-c2ccccc2-c2c(-c3ccccc3)cccc2N(c2ccc(-n3c4ccccc4c4ccccc43)cc2)c2ccc3c(ccc4ccccc43)c2)cc1. The number of rotatable bonds is 7. The van der Waals surface area contributed by atoms with E-state index in [1.165, 1.54) is 76.7 Å². The summed E-state index contributed by atoms with van der Waals surface area (Å²) in [4.78, 5) is 2.45. The van der Waals surface area contributed by atoms with E-state index in [4.69, 9.17) is 0 Å². The van der Waals surface area contributed by atoms with Gasteiger partial charge in [0.25, 0.3) is 0 Å². The van der Waals surface area contributed by atoms with Crippen LogP contribution in [-0.4, -0.2) is 4.57 Å². The zero-order chi connectivity index (χ0) is 38.4. The van der Waals surface area contributed by atoms with Crippen LogP contribution < -0.4 is 4.90 Å². The fourth-order valence-corrected chi connectivity index (χ4v) is 8.96. The minimum absolute atomic E-state index is 1.08. The Hall–Kier alpha value is -7.68. The summed E-state index contributed by atoms with van der Waals surface area (Å²) in [5, 5.41) is 7.47. The van der Waals surface area contributed by atoms with Gasteiger partial charge in [-0.2, -0.15) is 0 Å². The maximum Gasteiger partial charge on any atom is 0.0546 e. The van der Waals surface area contributed by atoms with Crippen molar-refractivity contribution in [2.24, 2.45) is 0 Å². The van der Waals surface area contributed by atoms with Crippen LogP contribution in [0.1, 0.15) is 0 Å². The van der Waals surface area contributed by atoms with Crippen LogP contribution >= 0.6 is 0 Å². The summed E-state index contributed by atoms with van der Waals surface area (Å²) in [6, 6.07) is 83.8. The maximum atomic E-state index is 2.45. The van der Waals surface area contributed by atoms with Gasteiger partial charge in [0.1, 0.15) is 0 Å². The number of nitrogens with zero attached hydrogens (tertiary/aromatic N) is 2. The summed E-state index contributed by atoms with van der Waals surface area (Å²) in [7, 11) is 0. The van der Waals surface area contributed by atoms with Crippen molar-refractivity contribution in [3.05, 3.63) is 231 Å². The predicted octanol–water partition coefficient (Wildman–Crippen LogP) is 15.6. The van der Waals surface area contributed by atoms with Gasteiger partial charge >= 0.3 is 0 Å². The van der Waals surface area contributed by atoms with E-state index in [0.29, 0.717) is 0 Å². The molecule has 0 atom stereocenters. The van der Waals surface area contributed by atoms with Gasteiger partial charge in [0, 0.05) is 33.4 Å². The van der Waals surface area contributed by atoms with Crippen molar-refractivity contribution in [2.75, 3.05) is 4.90 Å². The first-order valence-electron chi connectivity index (χ1n) is 19.9. The lowest BCUT2D eigenvalue weighted by Crippen LogP contribution is -2.12. The fraction of sp³-hybridized carbons (Fsp3) is 0. The zero-order valence-electron chi connectivity index (χ0n) is 31.8. The summed E-state index contributed by atoms with van der Waals surface area (Å²) < 4.78 is 2.39. The Balaban J connectivity index is 1.17. The van der Waals surface area contributed by atoms with Crippen molar-refractivity contribution < 1.29 is 0 Å². The lowest BCUT2D eigenvalue weighted by molar-refractivity contribution is 1.17. The first kappa shape index (κ1) is 33.6. The van der Waals surface area contributed by atoms with Crippen molar-refractivity contribution in [1.29, 1.82) is 0 Å². The van der Waals surface area contributed by atoms with E-state index in [1.807, 2.05) is 0 Å². The summed E-state index contributed by atoms with van der Waals surface area (Å²) >= 11 is 0. The highest BCUT2D eigenvalue weighted by atomic mass is 15.1. The molecule has 0 aliphatic rings. The average molecular weight is 739 g/mol. The highest BCUT2D eigenvalue weighted by molar-refractivity contribution is 6.10. The predicted molar refractivity (Wildman–Crippen MR) is 247 cm³/mol. The topological polar surface area (TPSA) is 8.17 Å². The van der Waals surface area contributed by atoms with Crippen LogP contribution in [0.3, 0.4) is 0 Å². The molecule has 0 spiro atoms. The quantitative estimate of drug-likeness (QED) is 0.148. The van der Waals surface area contributed by atoms with Gasteiger partial charge in [0.2, 0.25) is 0 Å². The molecule has 58 heavy (non-hydrogen) atoms. The molecule has 2 nitrogen and oxygen atoms in total. The molecule has 0 fully saturated rings. The largest absolute Gasteiger partial charge is 0.310 e. The van der Waals surface area contributed by atoms with Gasteiger partial charge in [-0.3, -0.25) is 0 Å². The number of para-hydroxylation sites is 2. The van der Waals surface area contributed by atoms with Crippen LogP contribution in [0.4, 0.5) is 17.1 Å². The normalized spacial score (nSPS) is 11.4. The minimum atomic E-state index is 1.08. The summed E-state index contributed by atoms with van der Waals surface area (Å²) in [5.74, 6) is 0. The third kappa shape index (κ3) is 5.66. The van der Waals surface area contributed by atoms with Crippen LogP contribution in [0.5, 0.6) is 0 Å². The molecule has 0 bridgehead atoms. The van der Waals surface area contributed by atoms with Gasteiger partial charge in [-0.25, -0.2) is 0 Å². The standard InChI is InChI=1S/C56H38N2/c1-3-16-39(17-4-1)47-22-9-10-25-52(47)56-49(40-18-5-2-6-19-40)26-15-29-55(56)57(45-36-37-48-42(38-45)31-30-41-20-7-8-21-46(41)48)43-32-34-44(35-33-43)58-53-27-13-11-23-50(53)51-24-12-14-28-54(51)58/h1-38H. The highest BCUT2D eigenvalue weighted by Crippen LogP contribution is 2.48. The molecule has 0 radical (unpaired) electrons. The van der Waals surface area contributed by atoms with Gasteiger partial charge in [0.05, 0.1) is 16.7 Å². The summed E-state index contributed by atoms with van der Waals surface area (Å²) in [5.41, 5.74) is 13.9. The smallest absolute Gasteiger partial charge is 0.0546 e. The molecule has 0 saturated heterocycles. The van der Waals surface area contributed by atoms with Crippen molar-refractivity contribution >= 4 is 60.4 Å². The van der Waals surface area contributed by atoms with E-state index in [-0.39, 0.29) is 0 Å². The Morgan fingerprint density at radius 3 is 1.53 bits per heavy atom. The molecule has 1 heterocycles. The second kappa shape index (κ2) is 14.1. The monoisotopic (exact) mass is 738 g/mol. The molecule has 0 aliphatic carbocycles. The highest BCUT2D eigenvalue weighted by Gasteiger charge is 2.23. The van der Waals surface area contributed by atoms with Crippen LogP contribution in [0.15, 0.2) is 231 Å². The number of fused-ring (bicyclic) bond motifs is 6. The second-order valence-electron chi connectivity index (χ2n) is 14.9. The maximum absolute atomic E-state index is 2.45. The Labute approximate surface area is 338 Å². The minimum Gasteiger partial charge on any atom is -0.310 e. The molecule has 0 saturated carbocycles. The Morgan fingerprint density at radius 1 is 0.310 bits per heavy atom. The molecular formula is C56H38N2. The van der Waals surface area contributed by atoms with Crippen LogP contribution in [0, 0.1) is 0 Å². The van der Waals surface area contributed by atoms with Gasteiger partial charge in [0.15, 0.2) is 0 Å². The molecule has 2 heteroatoms. The second-order valence-corrected chi connectivity index (χ2v) is 14.9. The zero-order valence-corrected chi connectivity index (χ0v) is 31.8. The number of hydrogen-bond donors (Lipinski definition) is 0. The van der Waals surface area contributed by atoms with E-state index in [2.05, 4.69) is 240 Å². The molecule has 272 valence electrons. The van der Waals surface area contributed by atoms with Gasteiger partial charge in [-0.15, -0.1) is 0 Å². The molecule has 11 aromatic rings. The Bertz CT molecular complexity index is 3220. The van der Waals surface area contributed by atoms with Crippen molar-refractivity contribution in [2.45, 2.75) is 0 Å². The average Bonchev–Trinajstić information content (AvgIpc) is 3.64. The molecule has 1 aromatic heterocycles. The summed E-state index contributed by atoms with van der Waals surface area (Å²) in [6.07, 6.45) is 0. The van der Waals surface area contributed by atoms with Crippen LogP contribution in [0.2, 0.25) is 0 Å². The van der Waals surface area contributed by atoms with E-state index < -0.39 is 0 Å². The number of benzene rings is 10. The lowest BCUT2D eigenvalue weighted by atomic mass is 9.87. The molecule has 11 rings (SSSR count). The number of hydrogen-bond acceptors (Lipinski definition) is 1. The third-order valence-corrected chi connectivity index (χ3v) is 11.6. The van der Waals surface area contributed by atoms with Crippen LogP contribution in [0.25, 0.3) is 82.4 Å². The molecule has 10 aromatic carbocycles. The Morgan fingerprint density at radius 2 is 0.828 bits per heavy atom. The Kier molecular flexibility index (Phi) is 8.19. The van der Waals surface area contributed by atoms with Gasteiger partial charge < -0.3 is 9.47 Å². The van der Waals surface area contributed by atoms with E-state index >= 15 is 0 Å². The van der Waals surface area contributed by atoms with E-state index in [1.54, 1.807) is 0 Å². The van der Waals surface area contributed by atoms with E-state index in [9.17, 15) is 0 Å². The van der Waals surface area contributed by atoms with Crippen molar-refractivity contribution in [3.8, 4) is 39.1 Å². The van der Waals surface area contributed by atoms with Crippen molar-refractivity contribution in [3.63, 3.8) is 0 Å². The van der Waals surface area contributed by atoms with Crippen molar-refractivity contribution in [1.82, 2.24) is 4.57 Å². The molecule has 0 unspecified atom stereocenters. The first-order valence-corrected chi connectivity index (χ1v) is 19.9. The summed E-state index contributed by atoms with van der Waals surface area (Å²) in [6.45, 7) is 0. The molecule has 0 N–H and O–H groups in total. The first-order chi connectivity index (χ1) is 28.8.